The summed E-state index contributed by atoms with van der Waals surface area (Å²) >= 11 is 1.06. The quantitative estimate of drug-likeness (QED) is 0.904. The summed E-state index contributed by atoms with van der Waals surface area (Å²) in [6.07, 6.45) is 0. The molecule has 0 atom stereocenters. The predicted molar refractivity (Wildman–Crippen MR) is 75.5 cm³/mol. The van der Waals surface area contributed by atoms with E-state index >= 15 is 0 Å². The molecule has 0 spiro atoms. The topological polar surface area (TPSA) is 95.4 Å². The van der Waals surface area contributed by atoms with Gasteiger partial charge in [0.2, 0.25) is 5.13 Å². The van der Waals surface area contributed by atoms with Crippen LogP contribution < -0.4 is 10.2 Å². The smallest absolute Gasteiger partial charge is 0.337 e. The highest BCUT2D eigenvalue weighted by Gasteiger charge is 2.18. The number of para-hydroxylation sites is 1. The molecular weight excluding hydrogens is 280 g/mol. The third kappa shape index (κ3) is 2.91. The average Bonchev–Trinajstić information content (AvgIpc) is 2.83. The van der Waals surface area contributed by atoms with Crippen molar-refractivity contribution in [3.05, 3.63) is 35.7 Å². The minimum atomic E-state index is -1.09. The van der Waals surface area contributed by atoms with Crippen LogP contribution in [0.2, 0.25) is 0 Å². The first-order chi connectivity index (χ1) is 9.49. The summed E-state index contributed by atoms with van der Waals surface area (Å²) in [7, 11) is 1.49. The Morgan fingerprint density at radius 3 is 2.65 bits per heavy atom. The molecule has 2 N–H and O–H groups in total. The number of aromatic nitrogens is 2. The molecule has 0 aliphatic heterocycles. The first kappa shape index (κ1) is 13.9. The number of benzene rings is 1. The third-order valence-electron chi connectivity index (χ3n) is 2.54. The van der Waals surface area contributed by atoms with E-state index in [0.29, 0.717) is 16.6 Å². The fraction of sp³-hybridized carbons (Fsp3) is 0.167. The van der Waals surface area contributed by atoms with Gasteiger partial charge in [-0.15, -0.1) is 0 Å². The van der Waals surface area contributed by atoms with Gasteiger partial charge in [0.15, 0.2) is 0 Å². The van der Waals surface area contributed by atoms with Crippen LogP contribution in [0.3, 0.4) is 0 Å². The van der Waals surface area contributed by atoms with Crippen molar-refractivity contribution in [2.45, 2.75) is 6.92 Å². The van der Waals surface area contributed by atoms with Gasteiger partial charge in [-0.05, 0) is 19.1 Å². The molecule has 0 fully saturated rings. The van der Waals surface area contributed by atoms with Crippen molar-refractivity contribution >= 4 is 34.4 Å². The zero-order valence-corrected chi connectivity index (χ0v) is 11.6. The number of rotatable bonds is 3. The summed E-state index contributed by atoms with van der Waals surface area (Å²) in [4.78, 5) is 28.4. The van der Waals surface area contributed by atoms with Crippen molar-refractivity contribution < 1.29 is 14.7 Å². The van der Waals surface area contributed by atoms with Gasteiger partial charge in [-0.25, -0.2) is 14.6 Å². The highest BCUT2D eigenvalue weighted by molar-refractivity contribution is 7.09. The van der Waals surface area contributed by atoms with Gasteiger partial charge in [-0.2, -0.15) is 4.37 Å². The molecule has 0 bridgehead atoms. The lowest BCUT2D eigenvalue weighted by Crippen LogP contribution is -2.32. The monoisotopic (exact) mass is 292 g/mol. The number of amides is 2. The van der Waals surface area contributed by atoms with E-state index in [4.69, 9.17) is 5.11 Å². The molecular formula is C12H12N4O3S. The van der Waals surface area contributed by atoms with Gasteiger partial charge < -0.3 is 5.11 Å². The lowest BCUT2D eigenvalue weighted by Gasteiger charge is -2.18. The van der Waals surface area contributed by atoms with Gasteiger partial charge in [0.1, 0.15) is 5.82 Å². The SMILES string of the molecule is Cc1nsc(NC(=O)N(C)c2ccccc2C(=O)O)n1. The lowest BCUT2D eigenvalue weighted by atomic mass is 10.1. The normalized spacial score (nSPS) is 10.1. The van der Waals surface area contributed by atoms with E-state index in [1.54, 1.807) is 25.1 Å². The van der Waals surface area contributed by atoms with Crippen LogP contribution in [-0.2, 0) is 0 Å². The maximum Gasteiger partial charge on any atom is 0.337 e. The number of anilines is 2. The maximum atomic E-state index is 12.1. The van der Waals surface area contributed by atoms with Crippen molar-refractivity contribution in [1.82, 2.24) is 9.36 Å². The van der Waals surface area contributed by atoms with Gasteiger partial charge in [-0.1, -0.05) is 12.1 Å². The molecule has 1 aromatic heterocycles. The van der Waals surface area contributed by atoms with E-state index in [-0.39, 0.29) is 5.56 Å². The molecule has 20 heavy (non-hydrogen) atoms. The fourth-order valence-corrected chi connectivity index (χ4v) is 2.14. The van der Waals surface area contributed by atoms with E-state index in [1.807, 2.05) is 0 Å². The minimum Gasteiger partial charge on any atom is -0.478 e. The molecule has 8 heteroatoms. The van der Waals surface area contributed by atoms with Crippen molar-refractivity contribution in [2.24, 2.45) is 0 Å². The number of hydrogen-bond donors (Lipinski definition) is 2. The Balaban J connectivity index is 2.20. The Kier molecular flexibility index (Phi) is 3.94. The third-order valence-corrected chi connectivity index (χ3v) is 3.26. The second kappa shape index (κ2) is 5.66. The van der Waals surface area contributed by atoms with Gasteiger partial charge in [0, 0.05) is 18.6 Å². The number of carbonyl (C=O) groups is 2. The molecule has 2 rings (SSSR count). The van der Waals surface area contributed by atoms with Crippen LogP contribution in [0.5, 0.6) is 0 Å². The second-order valence-corrected chi connectivity index (χ2v) is 4.71. The lowest BCUT2D eigenvalue weighted by molar-refractivity contribution is 0.0697. The van der Waals surface area contributed by atoms with E-state index < -0.39 is 12.0 Å². The van der Waals surface area contributed by atoms with Crippen molar-refractivity contribution in [3.8, 4) is 0 Å². The first-order valence-corrected chi connectivity index (χ1v) is 6.43. The zero-order chi connectivity index (χ0) is 14.7. The van der Waals surface area contributed by atoms with E-state index in [1.165, 1.54) is 18.0 Å². The van der Waals surface area contributed by atoms with E-state index in [2.05, 4.69) is 14.7 Å². The first-order valence-electron chi connectivity index (χ1n) is 5.66. The number of aromatic carboxylic acids is 1. The number of nitrogens with one attached hydrogen (secondary N) is 1. The number of carbonyl (C=O) groups excluding carboxylic acids is 1. The van der Waals surface area contributed by atoms with Gasteiger partial charge in [0.25, 0.3) is 0 Å². The summed E-state index contributed by atoms with van der Waals surface area (Å²) in [5.74, 6) is -0.522. The number of carboxylic acid groups (broad SMARTS) is 1. The van der Waals surface area contributed by atoms with E-state index in [0.717, 1.165) is 11.5 Å². The largest absolute Gasteiger partial charge is 0.478 e. The summed E-state index contributed by atoms with van der Waals surface area (Å²) in [6.45, 7) is 1.72. The molecule has 0 saturated heterocycles. The van der Waals surface area contributed by atoms with Crippen LogP contribution in [0.25, 0.3) is 0 Å². The summed E-state index contributed by atoms with van der Waals surface area (Å²) in [5, 5.41) is 12.0. The molecule has 0 aliphatic carbocycles. The molecule has 104 valence electrons. The van der Waals surface area contributed by atoms with Crippen LogP contribution in [0.4, 0.5) is 15.6 Å². The summed E-state index contributed by atoms with van der Waals surface area (Å²) in [5.41, 5.74) is 0.359. The molecule has 2 aromatic rings. The minimum absolute atomic E-state index is 0.0543. The highest BCUT2D eigenvalue weighted by Crippen LogP contribution is 2.20. The summed E-state index contributed by atoms with van der Waals surface area (Å²) in [6, 6.07) is 5.80. The number of carboxylic acids is 1. The van der Waals surface area contributed by atoms with Gasteiger partial charge >= 0.3 is 12.0 Å². The summed E-state index contributed by atoms with van der Waals surface area (Å²) < 4.78 is 3.95. The number of aryl methyl sites for hydroxylation is 1. The van der Waals surface area contributed by atoms with Crippen molar-refractivity contribution in [2.75, 3.05) is 17.3 Å². The predicted octanol–water partition coefficient (Wildman–Crippen LogP) is 2.21. The van der Waals surface area contributed by atoms with Crippen LogP contribution in [0.1, 0.15) is 16.2 Å². The van der Waals surface area contributed by atoms with Crippen LogP contribution in [0, 0.1) is 6.92 Å². The fourth-order valence-electron chi connectivity index (χ4n) is 1.58. The van der Waals surface area contributed by atoms with Crippen LogP contribution >= 0.6 is 11.5 Å². The molecule has 2 amide bonds. The van der Waals surface area contributed by atoms with Gasteiger partial charge in [-0.3, -0.25) is 10.2 Å². The van der Waals surface area contributed by atoms with E-state index in [9.17, 15) is 9.59 Å². The Labute approximate surface area is 119 Å². The molecule has 0 saturated carbocycles. The number of nitrogens with zero attached hydrogens (tertiary/aromatic N) is 3. The Morgan fingerprint density at radius 2 is 2.05 bits per heavy atom. The molecule has 1 aromatic carbocycles. The Morgan fingerprint density at radius 1 is 1.35 bits per heavy atom. The number of hydrogen-bond acceptors (Lipinski definition) is 5. The molecule has 0 unspecified atom stereocenters. The molecule has 1 heterocycles. The zero-order valence-electron chi connectivity index (χ0n) is 10.8. The Hall–Kier alpha value is -2.48. The average molecular weight is 292 g/mol. The van der Waals surface area contributed by atoms with Crippen LogP contribution in [0.15, 0.2) is 24.3 Å². The number of urea groups is 1. The second-order valence-electron chi connectivity index (χ2n) is 3.96. The molecule has 0 radical (unpaired) electrons. The maximum absolute atomic E-state index is 12.1. The Bertz CT molecular complexity index is 656. The van der Waals surface area contributed by atoms with Crippen molar-refractivity contribution in [3.63, 3.8) is 0 Å². The van der Waals surface area contributed by atoms with Crippen molar-refractivity contribution in [1.29, 1.82) is 0 Å². The highest BCUT2D eigenvalue weighted by atomic mass is 32.1. The van der Waals surface area contributed by atoms with Gasteiger partial charge in [0.05, 0.1) is 11.3 Å². The molecule has 0 aliphatic rings. The standard InChI is InChI=1S/C12H12N4O3S/c1-7-13-11(20-15-7)14-12(19)16(2)9-6-4-3-5-8(9)10(17)18/h3-6H,1-2H3,(H,17,18)(H,13,14,15,19). The molecule has 7 nitrogen and oxygen atoms in total. The van der Waals surface area contributed by atoms with Crippen LogP contribution in [-0.4, -0.2) is 33.5 Å².